The lowest BCUT2D eigenvalue weighted by Crippen LogP contribution is -2.38. The zero-order valence-corrected chi connectivity index (χ0v) is 8.82. The molecule has 12 heavy (non-hydrogen) atoms. The fraction of sp³-hybridized carbons (Fsp3) is 1.00. The van der Waals surface area contributed by atoms with Crippen LogP contribution in [0.15, 0.2) is 0 Å². The van der Waals surface area contributed by atoms with E-state index >= 15 is 0 Å². The smallest absolute Gasteiger partial charge is 0.0587 e. The molecule has 0 aliphatic carbocycles. The van der Waals surface area contributed by atoms with Gasteiger partial charge in [0.05, 0.1) is 6.61 Å². The van der Waals surface area contributed by atoms with Crippen LogP contribution in [0.4, 0.5) is 0 Å². The van der Waals surface area contributed by atoms with E-state index in [4.69, 9.17) is 10.5 Å². The van der Waals surface area contributed by atoms with Gasteiger partial charge in [-0.15, -0.1) is 0 Å². The molecule has 0 aromatic rings. The topological polar surface area (TPSA) is 47.3 Å². The van der Waals surface area contributed by atoms with Gasteiger partial charge in [0, 0.05) is 26.2 Å². The molecular weight excluding hydrogens is 172 g/mol. The highest BCUT2D eigenvalue weighted by Crippen LogP contribution is 1.98. The molecule has 0 heterocycles. The molecule has 0 aliphatic heterocycles. The Balaban J connectivity index is 3.26. The number of nitrogens with two attached hydrogens (primary N) is 1. The average molecular weight is 192 g/mol. The fourth-order valence-corrected chi connectivity index (χ4v) is 1.45. The van der Waals surface area contributed by atoms with E-state index in [1.807, 2.05) is 11.8 Å². The van der Waals surface area contributed by atoms with Gasteiger partial charge in [0.2, 0.25) is 0 Å². The summed E-state index contributed by atoms with van der Waals surface area (Å²) in [6, 6.07) is 0.451. The minimum Gasteiger partial charge on any atom is -0.383 e. The van der Waals surface area contributed by atoms with E-state index in [0.717, 1.165) is 19.6 Å². The van der Waals surface area contributed by atoms with Crippen molar-refractivity contribution >= 4 is 11.8 Å². The number of thioether (sulfide) groups is 1. The Morgan fingerprint density at radius 2 is 2.33 bits per heavy atom. The van der Waals surface area contributed by atoms with Gasteiger partial charge in [0.15, 0.2) is 0 Å². The highest BCUT2D eigenvalue weighted by molar-refractivity contribution is 7.98. The number of ether oxygens (including phenoxy) is 1. The molecule has 0 aliphatic rings. The molecule has 1 unspecified atom stereocenters. The van der Waals surface area contributed by atoms with Crippen molar-refractivity contribution in [1.82, 2.24) is 5.32 Å². The Morgan fingerprint density at radius 1 is 1.58 bits per heavy atom. The molecular formula is C8H20N2OS. The van der Waals surface area contributed by atoms with Crippen LogP contribution in [0, 0.1) is 0 Å². The van der Waals surface area contributed by atoms with E-state index in [0.29, 0.717) is 12.6 Å². The van der Waals surface area contributed by atoms with E-state index in [2.05, 4.69) is 11.6 Å². The van der Waals surface area contributed by atoms with Crippen LogP contribution in [0.2, 0.25) is 0 Å². The van der Waals surface area contributed by atoms with Crippen molar-refractivity contribution in [3.8, 4) is 0 Å². The van der Waals surface area contributed by atoms with Crippen LogP contribution in [0.3, 0.4) is 0 Å². The van der Waals surface area contributed by atoms with Gasteiger partial charge in [-0.2, -0.15) is 11.8 Å². The van der Waals surface area contributed by atoms with Crippen LogP contribution >= 0.6 is 11.8 Å². The van der Waals surface area contributed by atoms with Crippen LogP contribution in [0.1, 0.15) is 6.42 Å². The SMILES string of the molecule is COCCNC(CN)CCSC. The summed E-state index contributed by atoms with van der Waals surface area (Å²) in [5.41, 5.74) is 5.58. The molecule has 0 fully saturated rings. The lowest BCUT2D eigenvalue weighted by atomic mass is 10.2. The second kappa shape index (κ2) is 9.32. The van der Waals surface area contributed by atoms with Crippen molar-refractivity contribution in [2.45, 2.75) is 12.5 Å². The van der Waals surface area contributed by atoms with Crippen LogP contribution in [0.5, 0.6) is 0 Å². The van der Waals surface area contributed by atoms with Crippen LogP contribution in [-0.2, 0) is 4.74 Å². The Morgan fingerprint density at radius 3 is 2.83 bits per heavy atom. The summed E-state index contributed by atoms with van der Waals surface area (Å²) >= 11 is 1.86. The molecule has 0 rings (SSSR count). The van der Waals surface area contributed by atoms with Crippen molar-refractivity contribution in [3.63, 3.8) is 0 Å². The third kappa shape index (κ3) is 6.91. The maximum Gasteiger partial charge on any atom is 0.0587 e. The molecule has 0 aromatic carbocycles. The second-order valence-electron chi connectivity index (χ2n) is 2.66. The predicted octanol–water partition coefficient (Wildman–Crippen LogP) is 0.303. The van der Waals surface area contributed by atoms with Crippen molar-refractivity contribution in [3.05, 3.63) is 0 Å². The Bertz CT molecular complexity index is 93.1. The van der Waals surface area contributed by atoms with Crippen molar-refractivity contribution in [2.24, 2.45) is 5.73 Å². The highest BCUT2D eigenvalue weighted by atomic mass is 32.2. The first kappa shape index (κ1) is 12.2. The summed E-state index contributed by atoms with van der Waals surface area (Å²) < 4.78 is 4.93. The van der Waals surface area contributed by atoms with Crippen LogP contribution < -0.4 is 11.1 Å². The standard InChI is InChI=1S/C8H20N2OS/c1-11-5-4-10-8(7-9)3-6-12-2/h8,10H,3-7,9H2,1-2H3. The fourth-order valence-electron chi connectivity index (χ4n) is 0.928. The molecule has 3 nitrogen and oxygen atoms in total. The van der Waals surface area contributed by atoms with E-state index in [9.17, 15) is 0 Å². The maximum absolute atomic E-state index is 5.58. The molecule has 4 heteroatoms. The van der Waals surface area contributed by atoms with Crippen molar-refractivity contribution < 1.29 is 4.74 Å². The zero-order chi connectivity index (χ0) is 9.23. The van der Waals surface area contributed by atoms with Gasteiger partial charge in [-0.1, -0.05) is 0 Å². The number of methoxy groups -OCH3 is 1. The van der Waals surface area contributed by atoms with E-state index < -0.39 is 0 Å². The maximum atomic E-state index is 5.58. The molecule has 1 atom stereocenters. The molecule has 0 amide bonds. The molecule has 0 aromatic heterocycles. The van der Waals surface area contributed by atoms with E-state index in [1.54, 1.807) is 7.11 Å². The summed E-state index contributed by atoms with van der Waals surface area (Å²) in [4.78, 5) is 0. The highest BCUT2D eigenvalue weighted by Gasteiger charge is 2.03. The summed E-state index contributed by atoms with van der Waals surface area (Å²) in [6.07, 6.45) is 3.25. The van der Waals surface area contributed by atoms with Crippen molar-refractivity contribution in [2.75, 3.05) is 38.8 Å². The van der Waals surface area contributed by atoms with Gasteiger partial charge in [0.1, 0.15) is 0 Å². The molecule has 0 spiro atoms. The first-order valence-corrected chi connectivity index (χ1v) is 5.65. The summed E-state index contributed by atoms with van der Waals surface area (Å²) in [6.45, 7) is 2.37. The molecule has 0 saturated heterocycles. The second-order valence-corrected chi connectivity index (χ2v) is 3.65. The average Bonchev–Trinajstić information content (AvgIpc) is 2.11. The lowest BCUT2D eigenvalue weighted by Gasteiger charge is -2.15. The van der Waals surface area contributed by atoms with Crippen molar-refractivity contribution in [1.29, 1.82) is 0 Å². The number of nitrogens with one attached hydrogen (secondary N) is 1. The number of hydrogen-bond acceptors (Lipinski definition) is 4. The molecule has 0 saturated carbocycles. The monoisotopic (exact) mass is 192 g/mol. The normalized spacial score (nSPS) is 13.2. The van der Waals surface area contributed by atoms with E-state index in [-0.39, 0.29) is 0 Å². The Hall–Kier alpha value is 0.230. The van der Waals surface area contributed by atoms with Crippen LogP contribution in [0.25, 0.3) is 0 Å². The minimum absolute atomic E-state index is 0.451. The summed E-state index contributed by atoms with van der Waals surface area (Å²) in [5.74, 6) is 1.17. The quantitative estimate of drug-likeness (QED) is 0.543. The van der Waals surface area contributed by atoms with Gasteiger partial charge in [0.25, 0.3) is 0 Å². The minimum atomic E-state index is 0.451. The first-order chi connectivity index (χ1) is 5.85. The van der Waals surface area contributed by atoms with Gasteiger partial charge in [-0.25, -0.2) is 0 Å². The molecule has 74 valence electrons. The first-order valence-electron chi connectivity index (χ1n) is 4.26. The molecule has 0 radical (unpaired) electrons. The third-order valence-corrected chi connectivity index (χ3v) is 2.34. The van der Waals surface area contributed by atoms with Gasteiger partial charge < -0.3 is 15.8 Å². The Labute approximate surface area is 79.4 Å². The predicted molar refractivity (Wildman–Crippen MR) is 55.7 cm³/mol. The lowest BCUT2D eigenvalue weighted by molar-refractivity contribution is 0.195. The molecule has 0 bridgehead atoms. The van der Waals surface area contributed by atoms with Gasteiger partial charge in [-0.05, 0) is 18.4 Å². The number of rotatable bonds is 8. The van der Waals surface area contributed by atoms with Crippen LogP contribution in [-0.4, -0.2) is 44.9 Å². The molecule has 3 N–H and O–H groups in total. The summed E-state index contributed by atoms with van der Waals surface area (Å²) in [7, 11) is 1.71. The largest absolute Gasteiger partial charge is 0.383 e. The Kier molecular flexibility index (Phi) is 9.50. The van der Waals surface area contributed by atoms with Gasteiger partial charge >= 0.3 is 0 Å². The number of hydrogen-bond donors (Lipinski definition) is 2. The van der Waals surface area contributed by atoms with Gasteiger partial charge in [-0.3, -0.25) is 0 Å². The van der Waals surface area contributed by atoms with E-state index in [1.165, 1.54) is 5.75 Å². The summed E-state index contributed by atoms with van der Waals surface area (Å²) in [5, 5.41) is 3.34. The third-order valence-electron chi connectivity index (χ3n) is 1.69. The zero-order valence-electron chi connectivity index (χ0n) is 8.01.